The third-order valence-corrected chi connectivity index (χ3v) is 5.82. The molecule has 0 atom stereocenters. The topological polar surface area (TPSA) is 53.5 Å². The summed E-state index contributed by atoms with van der Waals surface area (Å²) in [5.74, 6) is 0. The first-order valence-corrected chi connectivity index (χ1v) is 9.67. The van der Waals surface area contributed by atoms with E-state index in [9.17, 15) is 0 Å². The Labute approximate surface area is 154 Å². The van der Waals surface area contributed by atoms with E-state index in [2.05, 4.69) is 44.5 Å². The van der Waals surface area contributed by atoms with E-state index in [0.29, 0.717) is 6.04 Å². The lowest BCUT2D eigenvalue weighted by atomic mass is 9.96. The first kappa shape index (κ1) is 17.1. The number of aromatic nitrogens is 6. The number of aryl methyl sites for hydroxylation is 3. The van der Waals surface area contributed by atoms with Crippen LogP contribution in [0.3, 0.4) is 0 Å². The van der Waals surface area contributed by atoms with Gasteiger partial charge in [-0.2, -0.15) is 10.2 Å². The average Bonchev–Trinajstić information content (AvgIpc) is 3.35. The molecule has 0 radical (unpaired) electrons. The second-order valence-corrected chi connectivity index (χ2v) is 7.50. The van der Waals surface area contributed by atoms with Gasteiger partial charge >= 0.3 is 0 Å². The summed E-state index contributed by atoms with van der Waals surface area (Å²) >= 11 is 0. The van der Waals surface area contributed by atoms with E-state index in [1.165, 1.54) is 43.4 Å². The van der Waals surface area contributed by atoms with Crippen LogP contribution in [0.2, 0.25) is 0 Å². The van der Waals surface area contributed by atoms with Crippen molar-refractivity contribution in [3.8, 4) is 11.3 Å². The van der Waals surface area contributed by atoms with E-state index < -0.39 is 0 Å². The van der Waals surface area contributed by atoms with Crippen LogP contribution >= 0.6 is 0 Å². The minimum Gasteiger partial charge on any atom is -0.330 e. The smallest absolute Gasteiger partial charge is 0.0951 e. The number of nitrogens with zero attached hydrogens (tertiary/aromatic N) is 6. The van der Waals surface area contributed by atoms with Crippen molar-refractivity contribution in [2.45, 2.75) is 65.0 Å². The van der Waals surface area contributed by atoms with Crippen LogP contribution in [0.4, 0.5) is 0 Å². The molecule has 3 heterocycles. The van der Waals surface area contributed by atoms with Gasteiger partial charge in [-0.3, -0.25) is 9.36 Å². The highest BCUT2D eigenvalue weighted by Gasteiger charge is 2.17. The summed E-state index contributed by atoms with van der Waals surface area (Å²) in [6.45, 7) is 5.13. The van der Waals surface area contributed by atoms with Gasteiger partial charge in [0.25, 0.3) is 0 Å². The Bertz CT molecular complexity index is 878. The molecule has 1 saturated carbocycles. The van der Waals surface area contributed by atoms with Gasteiger partial charge in [0, 0.05) is 31.0 Å². The van der Waals surface area contributed by atoms with Crippen molar-refractivity contribution >= 4 is 0 Å². The van der Waals surface area contributed by atoms with Crippen molar-refractivity contribution < 1.29 is 0 Å². The maximum atomic E-state index is 4.65. The standard InChI is InChI=1S/C20H28N6/c1-15-19(16(2)24(3)23-15)9-10-25-14-21-12-20(25)17-11-22-26(13-17)18-7-5-4-6-8-18/h11-14,18H,4-10H2,1-3H3. The Kier molecular flexibility index (Phi) is 4.66. The summed E-state index contributed by atoms with van der Waals surface area (Å²) in [6.07, 6.45) is 15.5. The van der Waals surface area contributed by atoms with Crippen molar-refractivity contribution in [3.63, 3.8) is 0 Å². The van der Waals surface area contributed by atoms with Gasteiger partial charge in [0.1, 0.15) is 0 Å². The van der Waals surface area contributed by atoms with Crippen LogP contribution in [-0.4, -0.2) is 29.1 Å². The summed E-state index contributed by atoms with van der Waals surface area (Å²) in [5, 5.41) is 9.17. The highest BCUT2D eigenvalue weighted by molar-refractivity contribution is 5.56. The van der Waals surface area contributed by atoms with Crippen LogP contribution in [-0.2, 0) is 20.0 Å². The minimum atomic E-state index is 0.564. The molecule has 138 valence electrons. The lowest BCUT2D eigenvalue weighted by Crippen LogP contribution is -2.12. The molecule has 0 N–H and O–H groups in total. The van der Waals surface area contributed by atoms with Gasteiger partial charge in [0.15, 0.2) is 0 Å². The summed E-state index contributed by atoms with van der Waals surface area (Å²) in [4.78, 5) is 4.39. The number of hydrogen-bond donors (Lipinski definition) is 0. The second-order valence-electron chi connectivity index (χ2n) is 7.50. The van der Waals surface area contributed by atoms with E-state index in [4.69, 9.17) is 0 Å². The van der Waals surface area contributed by atoms with E-state index in [0.717, 1.165) is 29.9 Å². The molecule has 0 unspecified atom stereocenters. The SMILES string of the molecule is Cc1nn(C)c(C)c1CCn1cncc1-c1cnn(C2CCCCC2)c1. The monoisotopic (exact) mass is 352 g/mol. The van der Waals surface area contributed by atoms with Crippen LogP contribution in [0.25, 0.3) is 11.3 Å². The molecule has 3 aromatic heterocycles. The Morgan fingerprint density at radius 2 is 1.92 bits per heavy atom. The molecule has 1 aliphatic rings. The predicted octanol–water partition coefficient (Wildman–Crippen LogP) is 3.84. The zero-order chi connectivity index (χ0) is 18.1. The van der Waals surface area contributed by atoms with Gasteiger partial charge in [-0.15, -0.1) is 0 Å². The Morgan fingerprint density at radius 1 is 1.12 bits per heavy atom. The number of hydrogen-bond acceptors (Lipinski definition) is 3. The molecule has 0 amide bonds. The zero-order valence-electron chi connectivity index (χ0n) is 16.0. The molecular weight excluding hydrogens is 324 g/mol. The molecule has 0 aliphatic heterocycles. The molecule has 0 spiro atoms. The van der Waals surface area contributed by atoms with E-state index in [1.807, 2.05) is 30.5 Å². The van der Waals surface area contributed by atoms with Gasteiger partial charge in [-0.05, 0) is 38.7 Å². The lowest BCUT2D eigenvalue weighted by molar-refractivity contribution is 0.329. The second kappa shape index (κ2) is 7.09. The van der Waals surface area contributed by atoms with Crippen LogP contribution in [0.5, 0.6) is 0 Å². The fourth-order valence-corrected chi connectivity index (χ4v) is 4.17. The highest BCUT2D eigenvalue weighted by Crippen LogP contribution is 2.29. The number of imidazole rings is 1. The first-order chi connectivity index (χ1) is 12.6. The van der Waals surface area contributed by atoms with Gasteiger partial charge < -0.3 is 4.57 Å². The Hall–Kier alpha value is -2.37. The molecule has 0 bridgehead atoms. The maximum Gasteiger partial charge on any atom is 0.0951 e. The quantitative estimate of drug-likeness (QED) is 0.701. The van der Waals surface area contributed by atoms with Gasteiger partial charge in [0.2, 0.25) is 0 Å². The minimum absolute atomic E-state index is 0.564. The molecule has 0 saturated heterocycles. The fraction of sp³-hybridized carbons (Fsp3) is 0.550. The third kappa shape index (κ3) is 3.20. The van der Waals surface area contributed by atoms with Crippen LogP contribution in [0.1, 0.15) is 55.1 Å². The molecular formula is C20H28N6. The summed E-state index contributed by atoms with van der Waals surface area (Å²) < 4.78 is 6.36. The van der Waals surface area contributed by atoms with Crippen LogP contribution < -0.4 is 0 Å². The number of rotatable bonds is 5. The van der Waals surface area contributed by atoms with Crippen molar-refractivity contribution in [3.05, 3.63) is 41.9 Å². The zero-order valence-corrected chi connectivity index (χ0v) is 16.0. The summed E-state index contributed by atoms with van der Waals surface area (Å²) in [5.41, 5.74) is 6.01. The van der Waals surface area contributed by atoms with Crippen molar-refractivity contribution in [1.29, 1.82) is 0 Å². The maximum absolute atomic E-state index is 4.65. The van der Waals surface area contributed by atoms with E-state index in [1.54, 1.807) is 0 Å². The average molecular weight is 352 g/mol. The molecule has 26 heavy (non-hydrogen) atoms. The van der Waals surface area contributed by atoms with Gasteiger partial charge in [-0.1, -0.05) is 19.3 Å². The largest absolute Gasteiger partial charge is 0.330 e. The molecule has 3 aromatic rings. The van der Waals surface area contributed by atoms with E-state index in [-0.39, 0.29) is 0 Å². The summed E-state index contributed by atoms with van der Waals surface area (Å²) in [6, 6.07) is 0.564. The van der Waals surface area contributed by atoms with Gasteiger partial charge in [-0.25, -0.2) is 4.98 Å². The Balaban J connectivity index is 1.51. The molecule has 6 heteroatoms. The molecule has 4 rings (SSSR count). The normalized spacial score (nSPS) is 15.7. The molecule has 1 aliphatic carbocycles. The van der Waals surface area contributed by atoms with Gasteiger partial charge in [0.05, 0.1) is 36.2 Å². The van der Waals surface area contributed by atoms with Crippen molar-refractivity contribution in [1.82, 2.24) is 29.1 Å². The van der Waals surface area contributed by atoms with Crippen molar-refractivity contribution in [2.24, 2.45) is 7.05 Å². The molecule has 0 aromatic carbocycles. The van der Waals surface area contributed by atoms with E-state index >= 15 is 0 Å². The fourth-order valence-electron chi connectivity index (χ4n) is 4.17. The predicted molar refractivity (Wildman–Crippen MR) is 102 cm³/mol. The molecule has 1 fully saturated rings. The van der Waals surface area contributed by atoms with Crippen LogP contribution in [0, 0.1) is 13.8 Å². The lowest BCUT2D eigenvalue weighted by Gasteiger charge is -2.21. The highest BCUT2D eigenvalue weighted by atomic mass is 15.3. The summed E-state index contributed by atoms with van der Waals surface area (Å²) in [7, 11) is 2.01. The van der Waals surface area contributed by atoms with Crippen LogP contribution in [0.15, 0.2) is 24.9 Å². The third-order valence-electron chi connectivity index (χ3n) is 5.82. The van der Waals surface area contributed by atoms with Crippen molar-refractivity contribution in [2.75, 3.05) is 0 Å². The Morgan fingerprint density at radius 3 is 2.65 bits per heavy atom. The molecule has 6 nitrogen and oxygen atoms in total. The first-order valence-electron chi connectivity index (χ1n) is 9.67.